The van der Waals surface area contributed by atoms with E-state index in [0.717, 1.165) is 19.3 Å². The maximum Gasteiger partial charge on any atom is 0.322 e. The fourth-order valence-corrected chi connectivity index (χ4v) is 4.81. The average Bonchev–Trinajstić information content (AvgIpc) is 2.72. The van der Waals surface area contributed by atoms with Crippen LogP contribution in [0.4, 0.5) is 0 Å². The molecule has 1 saturated carbocycles. The van der Waals surface area contributed by atoms with E-state index in [1.54, 1.807) is 20.8 Å². The summed E-state index contributed by atoms with van der Waals surface area (Å²) in [4.78, 5) is 11.4. The first-order valence-corrected chi connectivity index (χ1v) is 7.84. The van der Waals surface area contributed by atoms with Crippen LogP contribution < -0.4 is 0 Å². The molecule has 0 radical (unpaired) electrons. The lowest BCUT2D eigenvalue weighted by molar-refractivity contribution is -0.142. The topological polar surface area (TPSA) is 74.7 Å². The third kappa shape index (κ3) is 1.95. The molecule has 2 rings (SSSR count). The third-order valence-corrected chi connectivity index (χ3v) is 6.73. The van der Waals surface area contributed by atoms with Crippen LogP contribution in [0.3, 0.4) is 0 Å². The van der Waals surface area contributed by atoms with E-state index in [1.807, 2.05) is 0 Å². The standard InChI is InChI=1S/C12H21NO4S/c1-12(2,3)18(16,17)13-7-8-5-4-6-9(8)10(13)11(14)15/h8-10H,4-7H2,1-3H3,(H,14,15). The second-order valence-corrected chi connectivity index (χ2v) is 8.97. The quantitative estimate of drug-likeness (QED) is 0.824. The highest BCUT2D eigenvalue weighted by atomic mass is 32.2. The molecule has 0 aromatic carbocycles. The molecule has 6 heteroatoms. The van der Waals surface area contributed by atoms with Crippen molar-refractivity contribution < 1.29 is 18.3 Å². The van der Waals surface area contributed by atoms with E-state index in [2.05, 4.69) is 0 Å². The Bertz CT molecular complexity index is 451. The summed E-state index contributed by atoms with van der Waals surface area (Å²) in [5, 5.41) is 9.35. The molecular weight excluding hydrogens is 254 g/mol. The van der Waals surface area contributed by atoms with Crippen molar-refractivity contribution in [2.24, 2.45) is 11.8 Å². The molecule has 1 saturated heterocycles. The van der Waals surface area contributed by atoms with Gasteiger partial charge in [-0.25, -0.2) is 8.42 Å². The molecule has 1 aliphatic carbocycles. The highest BCUT2D eigenvalue weighted by Gasteiger charge is 2.54. The lowest BCUT2D eigenvalue weighted by Crippen LogP contribution is -2.49. The summed E-state index contributed by atoms with van der Waals surface area (Å²) in [6.45, 7) is 5.24. The normalized spacial score (nSPS) is 33.6. The predicted octanol–water partition coefficient (Wildman–Crippen LogP) is 1.30. The zero-order valence-electron chi connectivity index (χ0n) is 11.1. The predicted molar refractivity (Wildman–Crippen MR) is 67.6 cm³/mol. The Morgan fingerprint density at radius 3 is 2.39 bits per heavy atom. The zero-order chi connectivity index (χ0) is 13.7. The monoisotopic (exact) mass is 275 g/mol. The molecule has 104 valence electrons. The number of nitrogens with zero attached hydrogens (tertiary/aromatic N) is 1. The molecule has 0 spiro atoms. The van der Waals surface area contributed by atoms with Crippen LogP contribution >= 0.6 is 0 Å². The number of carbonyl (C=O) groups is 1. The molecule has 1 aliphatic heterocycles. The molecule has 1 heterocycles. The summed E-state index contributed by atoms with van der Waals surface area (Å²) < 4.78 is 25.2. The van der Waals surface area contributed by atoms with Crippen molar-refractivity contribution in [3.8, 4) is 0 Å². The second kappa shape index (κ2) is 4.20. The van der Waals surface area contributed by atoms with Gasteiger partial charge in [-0.2, -0.15) is 4.31 Å². The van der Waals surface area contributed by atoms with Crippen molar-refractivity contribution in [2.45, 2.75) is 50.8 Å². The summed E-state index contributed by atoms with van der Waals surface area (Å²) >= 11 is 0. The Hall–Kier alpha value is -0.620. The number of carboxylic acid groups (broad SMARTS) is 1. The fourth-order valence-electron chi connectivity index (χ4n) is 3.17. The molecule has 3 atom stereocenters. The van der Waals surface area contributed by atoms with Gasteiger partial charge in [-0.3, -0.25) is 4.79 Å². The van der Waals surface area contributed by atoms with Gasteiger partial charge in [0.2, 0.25) is 10.0 Å². The minimum Gasteiger partial charge on any atom is -0.480 e. The number of sulfonamides is 1. The second-order valence-electron chi connectivity index (χ2n) is 6.33. The molecule has 0 aromatic heterocycles. The van der Waals surface area contributed by atoms with Crippen molar-refractivity contribution >= 4 is 16.0 Å². The van der Waals surface area contributed by atoms with Gasteiger partial charge in [0.1, 0.15) is 6.04 Å². The van der Waals surface area contributed by atoms with Gasteiger partial charge in [-0.15, -0.1) is 0 Å². The van der Waals surface area contributed by atoms with Gasteiger partial charge >= 0.3 is 5.97 Å². The smallest absolute Gasteiger partial charge is 0.322 e. The van der Waals surface area contributed by atoms with Gasteiger partial charge in [-0.1, -0.05) is 6.42 Å². The maximum absolute atomic E-state index is 12.5. The Morgan fingerprint density at radius 1 is 1.28 bits per heavy atom. The van der Waals surface area contributed by atoms with Gasteiger partial charge in [0.05, 0.1) is 4.75 Å². The van der Waals surface area contributed by atoms with Gasteiger partial charge in [0.15, 0.2) is 0 Å². The SMILES string of the molecule is CC(C)(C)S(=O)(=O)N1CC2CCCC2C1C(=O)O. The minimum absolute atomic E-state index is 0.000347. The number of carboxylic acids is 1. The van der Waals surface area contributed by atoms with E-state index < -0.39 is 26.8 Å². The van der Waals surface area contributed by atoms with Crippen LogP contribution in [-0.2, 0) is 14.8 Å². The van der Waals surface area contributed by atoms with Gasteiger partial charge < -0.3 is 5.11 Å². The first kappa shape index (κ1) is 13.8. The number of aliphatic carboxylic acids is 1. The molecule has 18 heavy (non-hydrogen) atoms. The fraction of sp³-hybridized carbons (Fsp3) is 0.917. The summed E-state index contributed by atoms with van der Waals surface area (Å²) in [5.41, 5.74) is 0. The molecule has 0 bridgehead atoms. The zero-order valence-corrected chi connectivity index (χ0v) is 11.9. The lowest BCUT2D eigenvalue weighted by atomic mass is 9.94. The van der Waals surface area contributed by atoms with Gasteiger partial charge in [0, 0.05) is 6.54 Å². The Balaban J connectivity index is 2.37. The van der Waals surface area contributed by atoms with Crippen LogP contribution in [0.15, 0.2) is 0 Å². The first-order valence-electron chi connectivity index (χ1n) is 6.40. The van der Waals surface area contributed by atoms with Crippen LogP contribution in [0.1, 0.15) is 40.0 Å². The van der Waals surface area contributed by atoms with E-state index in [1.165, 1.54) is 4.31 Å². The third-order valence-electron chi connectivity index (χ3n) is 4.18. The molecular formula is C12H21NO4S. The van der Waals surface area contributed by atoms with Crippen LogP contribution in [0, 0.1) is 11.8 Å². The molecule has 3 unspecified atom stereocenters. The molecule has 0 aromatic rings. The molecule has 5 nitrogen and oxygen atoms in total. The largest absolute Gasteiger partial charge is 0.480 e. The first-order chi connectivity index (χ1) is 8.16. The maximum atomic E-state index is 12.5. The highest BCUT2D eigenvalue weighted by molar-refractivity contribution is 7.90. The van der Waals surface area contributed by atoms with Crippen molar-refractivity contribution in [1.82, 2.24) is 4.31 Å². The number of fused-ring (bicyclic) bond motifs is 1. The number of hydrogen-bond donors (Lipinski definition) is 1. The van der Waals surface area contributed by atoms with Gasteiger partial charge in [0.25, 0.3) is 0 Å². The van der Waals surface area contributed by atoms with Crippen LogP contribution in [0.25, 0.3) is 0 Å². The van der Waals surface area contributed by atoms with Crippen molar-refractivity contribution in [2.75, 3.05) is 6.54 Å². The van der Waals surface area contributed by atoms with E-state index in [9.17, 15) is 18.3 Å². The molecule has 2 aliphatic rings. The number of rotatable bonds is 2. The van der Waals surface area contributed by atoms with E-state index >= 15 is 0 Å². The van der Waals surface area contributed by atoms with Crippen molar-refractivity contribution in [3.63, 3.8) is 0 Å². The van der Waals surface area contributed by atoms with E-state index in [4.69, 9.17) is 0 Å². The molecule has 2 fully saturated rings. The summed E-state index contributed by atoms with van der Waals surface area (Å²) in [6.07, 6.45) is 2.80. The Morgan fingerprint density at radius 2 is 1.89 bits per heavy atom. The van der Waals surface area contributed by atoms with Crippen LogP contribution in [0.5, 0.6) is 0 Å². The van der Waals surface area contributed by atoms with Crippen molar-refractivity contribution in [1.29, 1.82) is 0 Å². The summed E-state index contributed by atoms with van der Waals surface area (Å²) in [7, 11) is -3.56. The van der Waals surface area contributed by atoms with E-state index in [-0.39, 0.29) is 11.8 Å². The molecule has 1 N–H and O–H groups in total. The van der Waals surface area contributed by atoms with Crippen LogP contribution in [0.2, 0.25) is 0 Å². The minimum atomic E-state index is -3.56. The Labute approximate surface area is 108 Å². The average molecular weight is 275 g/mol. The van der Waals surface area contributed by atoms with E-state index in [0.29, 0.717) is 6.54 Å². The van der Waals surface area contributed by atoms with Gasteiger partial charge in [-0.05, 0) is 45.4 Å². The summed E-state index contributed by atoms with van der Waals surface area (Å²) in [6, 6.07) is -0.860. The van der Waals surface area contributed by atoms with Crippen molar-refractivity contribution in [3.05, 3.63) is 0 Å². The Kier molecular flexibility index (Phi) is 3.22. The highest BCUT2D eigenvalue weighted by Crippen LogP contribution is 2.44. The molecule has 0 amide bonds. The lowest BCUT2D eigenvalue weighted by Gasteiger charge is -2.30. The number of hydrogen-bond acceptors (Lipinski definition) is 3. The van der Waals surface area contributed by atoms with Crippen LogP contribution in [-0.4, -0.2) is 41.1 Å². The summed E-state index contributed by atoms with van der Waals surface area (Å²) in [5.74, 6) is -0.778.